The minimum atomic E-state index is -0.537. The van der Waals surface area contributed by atoms with E-state index in [1.807, 2.05) is 6.92 Å². The van der Waals surface area contributed by atoms with Gasteiger partial charge in [-0.05, 0) is 56.0 Å². The molecule has 8 heteroatoms. The third-order valence-electron chi connectivity index (χ3n) is 4.49. The maximum Gasteiger partial charge on any atom is 0.344 e. The number of hydrogen-bond donors (Lipinski definition) is 1. The zero-order valence-corrected chi connectivity index (χ0v) is 16.3. The van der Waals surface area contributed by atoms with Crippen molar-refractivity contribution in [1.82, 2.24) is 9.97 Å². The van der Waals surface area contributed by atoms with Crippen LogP contribution in [-0.2, 0) is 29.0 Å². The molecule has 1 N–H and O–H groups in total. The van der Waals surface area contributed by atoms with E-state index < -0.39 is 5.97 Å². The number of H-pyrrole nitrogens is 1. The lowest BCUT2D eigenvalue weighted by molar-refractivity contribution is -0.147. The van der Waals surface area contributed by atoms with Crippen LogP contribution >= 0.6 is 11.3 Å². The Kier molecular flexibility index (Phi) is 5.29. The van der Waals surface area contributed by atoms with Gasteiger partial charge in [-0.2, -0.15) is 0 Å². The summed E-state index contributed by atoms with van der Waals surface area (Å²) in [7, 11) is 0. The van der Waals surface area contributed by atoms with Crippen LogP contribution < -0.4 is 15.0 Å². The van der Waals surface area contributed by atoms with Gasteiger partial charge in [0.15, 0.2) is 6.61 Å². The van der Waals surface area contributed by atoms with Crippen LogP contribution in [0, 0.1) is 0 Å². The molecule has 2 heterocycles. The van der Waals surface area contributed by atoms with Crippen LogP contribution in [0.25, 0.3) is 10.2 Å². The molecule has 3 aromatic rings. The minimum absolute atomic E-state index is 0.0980. The van der Waals surface area contributed by atoms with Crippen LogP contribution in [-0.4, -0.2) is 29.2 Å². The number of fused-ring (bicyclic) bond motifs is 3. The Balaban J connectivity index is 1.34. The van der Waals surface area contributed by atoms with E-state index in [4.69, 9.17) is 14.2 Å². The number of benzene rings is 1. The van der Waals surface area contributed by atoms with Crippen LogP contribution in [0.3, 0.4) is 0 Å². The van der Waals surface area contributed by atoms with Gasteiger partial charge in [0.1, 0.15) is 28.8 Å². The fraction of sp³-hybridized carbons (Fsp3) is 0.350. The van der Waals surface area contributed by atoms with Crippen molar-refractivity contribution >= 4 is 27.5 Å². The normalized spacial score (nSPS) is 12.8. The molecule has 0 saturated carbocycles. The van der Waals surface area contributed by atoms with Crippen LogP contribution in [0.4, 0.5) is 0 Å². The van der Waals surface area contributed by atoms with E-state index in [2.05, 4.69) is 9.97 Å². The van der Waals surface area contributed by atoms with E-state index in [0.717, 1.165) is 30.6 Å². The highest BCUT2D eigenvalue weighted by molar-refractivity contribution is 7.18. The molecular formula is C20H20N2O5S. The van der Waals surface area contributed by atoms with Crippen molar-refractivity contribution in [3.63, 3.8) is 0 Å². The summed E-state index contributed by atoms with van der Waals surface area (Å²) < 4.78 is 15.9. The SMILES string of the molecule is CCOc1ccc(OCC(=O)OCc2nc3sc4c(c3c(=O)[nH]2)CCC4)cc1. The average molecular weight is 400 g/mol. The number of rotatable bonds is 7. The molecule has 1 aliphatic carbocycles. The first kappa shape index (κ1) is 18.5. The first-order valence-electron chi connectivity index (χ1n) is 9.18. The molecule has 0 amide bonds. The van der Waals surface area contributed by atoms with E-state index in [1.165, 1.54) is 4.88 Å². The van der Waals surface area contributed by atoms with Crippen molar-refractivity contribution in [3.8, 4) is 11.5 Å². The standard InChI is InChI=1S/C20H20N2O5S/c1-2-25-12-6-8-13(9-7-12)26-11-17(23)27-10-16-21-19(24)18-14-4-3-5-15(14)28-20(18)22-16/h6-9H,2-5,10-11H2,1H3,(H,21,22,24). The highest BCUT2D eigenvalue weighted by Crippen LogP contribution is 2.34. The van der Waals surface area contributed by atoms with Gasteiger partial charge in [-0.3, -0.25) is 4.79 Å². The van der Waals surface area contributed by atoms with Crippen LogP contribution in [0.5, 0.6) is 11.5 Å². The van der Waals surface area contributed by atoms with Gasteiger partial charge >= 0.3 is 5.97 Å². The van der Waals surface area contributed by atoms with Gasteiger partial charge in [-0.25, -0.2) is 9.78 Å². The second-order valence-electron chi connectivity index (χ2n) is 6.40. The van der Waals surface area contributed by atoms with Gasteiger partial charge in [0, 0.05) is 4.88 Å². The molecule has 1 aliphatic rings. The van der Waals surface area contributed by atoms with Crippen LogP contribution in [0.1, 0.15) is 29.6 Å². The number of carbonyl (C=O) groups is 1. The molecule has 0 fully saturated rings. The third kappa shape index (κ3) is 3.87. The molecule has 0 aliphatic heterocycles. The molecule has 2 aromatic heterocycles. The smallest absolute Gasteiger partial charge is 0.344 e. The van der Waals surface area contributed by atoms with Crippen molar-refractivity contribution in [2.45, 2.75) is 32.8 Å². The molecule has 7 nitrogen and oxygen atoms in total. The fourth-order valence-corrected chi connectivity index (χ4v) is 4.53. The van der Waals surface area contributed by atoms with E-state index in [9.17, 15) is 9.59 Å². The number of nitrogens with zero attached hydrogens (tertiary/aromatic N) is 1. The summed E-state index contributed by atoms with van der Waals surface area (Å²) in [4.78, 5) is 33.4. The Hall–Kier alpha value is -2.87. The van der Waals surface area contributed by atoms with Crippen LogP contribution in [0.15, 0.2) is 29.1 Å². The van der Waals surface area contributed by atoms with Crippen molar-refractivity contribution < 1.29 is 19.0 Å². The monoisotopic (exact) mass is 400 g/mol. The maximum atomic E-state index is 12.4. The number of aromatic amines is 1. The molecule has 0 saturated heterocycles. The van der Waals surface area contributed by atoms with Crippen molar-refractivity contribution in [2.75, 3.05) is 13.2 Å². The second kappa shape index (κ2) is 8.02. The summed E-state index contributed by atoms with van der Waals surface area (Å²) in [6, 6.07) is 6.99. The predicted molar refractivity (Wildman–Crippen MR) is 105 cm³/mol. The summed E-state index contributed by atoms with van der Waals surface area (Å²) in [5.74, 6) is 1.08. The lowest BCUT2D eigenvalue weighted by Gasteiger charge is -2.08. The number of aryl methyl sites for hydroxylation is 2. The van der Waals surface area contributed by atoms with Gasteiger partial charge in [0.2, 0.25) is 0 Å². The number of carbonyl (C=O) groups excluding carboxylic acids is 1. The first-order valence-corrected chi connectivity index (χ1v) is 10.0. The molecule has 1 aromatic carbocycles. The van der Waals surface area contributed by atoms with Crippen molar-refractivity contribution in [3.05, 3.63) is 50.9 Å². The second-order valence-corrected chi connectivity index (χ2v) is 7.49. The number of esters is 1. The molecular weight excluding hydrogens is 380 g/mol. The Labute approximate surface area is 165 Å². The zero-order valence-electron chi connectivity index (χ0n) is 15.4. The molecule has 146 valence electrons. The lowest BCUT2D eigenvalue weighted by Crippen LogP contribution is -2.18. The van der Waals surface area contributed by atoms with Gasteiger partial charge in [-0.15, -0.1) is 11.3 Å². The summed E-state index contributed by atoms with van der Waals surface area (Å²) >= 11 is 1.55. The van der Waals surface area contributed by atoms with E-state index in [1.54, 1.807) is 35.6 Å². The Morgan fingerprint density at radius 3 is 2.68 bits per heavy atom. The van der Waals surface area contributed by atoms with Crippen LogP contribution in [0.2, 0.25) is 0 Å². The van der Waals surface area contributed by atoms with Gasteiger partial charge in [0.25, 0.3) is 5.56 Å². The molecule has 0 unspecified atom stereocenters. The lowest BCUT2D eigenvalue weighted by atomic mass is 10.2. The van der Waals surface area contributed by atoms with Crippen molar-refractivity contribution in [2.24, 2.45) is 0 Å². The van der Waals surface area contributed by atoms with E-state index >= 15 is 0 Å². The summed E-state index contributed by atoms with van der Waals surface area (Å²) in [6.45, 7) is 2.17. The number of hydrogen-bond acceptors (Lipinski definition) is 7. The molecule has 0 bridgehead atoms. The number of ether oxygens (including phenoxy) is 3. The van der Waals surface area contributed by atoms with Gasteiger partial charge in [0.05, 0.1) is 12.0 Å². The molecule has 28 heavy (non-hydrogen) atoms. The van der Waals surface area contributed by atoms with Crippen molar-refractivity contribution in [1.29, 1.82) is 0 Å². The van der Waals surface area contributed by atoms with E-state index in [-0.39, 0.29) is 18.8 Å². The number of aromatic nitrogens is 2. The summed E-state index contributed by atoms with van der Waals surface area (Å²) in [6.07, 6.45) is 3.02. The molecule has 0 radical (unpaired) electrons. The molecule has 4 rings (SSSR count). The number of thiophene rings is 1. The summed E-state index contributed by atoms with van der Waals surface area (Å²) in [5.41, 5.74) is 0.960. The Morgan fingerprint density at radius 1 is 1.18 bits per heavy atom. The number of nitrogens with one attached hydrogen (secondary N) is 1. The third-order valence-corrected chi connectivity index (χ3v) is 5.67. The fourth-order valence-electron chi connectivity index (χ4n) is 3.25. The predicted octanol–water partition coefficient (Wildman–Crippen LogP) is 2.99. The largest absolute Gasteiger partial charge is 0.494 e. The van der Waals surface area contributed by atoms with E-state index in [0.29, 0.717) is 28.4 Å². The van der Waals surface area contributed by atoms with Gasteiger partial charge < -0.3 is 19.2 Å². The summed E-state index contributed by atoms with van der Waals surface area (Å²) in [5, 5.41) is 0.686. The molecule has 0 atom stereocenters. The zero-order chi connectivity index (χ0) is 19.5. The highest BCUT2D eigenvalue weighted by atomic mass is 32.1. The average Bonchev–Trinajstić information content (AvgIpc) is 3.27. The quantitative estimate of drug-likeness (QED) is 0.613. The Morgan fingerprint density at radius 2 is 1.93 bits per heavy atom. The van der Waals surface area contributed by atoms with Gasteiger partial charge in [-0.1, -0.05) is 0 Å². The first-order chi connectivity index (χ1) is 13.6. The molecule has 0 spiro atoms. The highest BCUT2D eigenvalue weighted by Gasteiger charge is 2.21. The maximum absolute atomic E-state index is 12.4. The topological polar surface area (TPSA) is 90.5 Å². The minimum Gasteiger partial charge on any atom is -0.494 e. The Bertz CT molecular complexity index is 1050.